The van der Waals surface area contributed by atoms with E-state index < -0.39 is 47.0 Å². The fourth-order valence-electron chi connectivity index (χ4n) is 6.79. The molecule has 0 aliphatic rings. The van der Waals surface area contributed by atoms with Crippen LogP contribution in [0.3, 0.4) is 0 Å². The van der Waals surface area contributed by atoms with Gasteiger partial charge in [0.1, 0.15) is 11.4 Å². The van der Waals surface area contributed by atoms with Crippen molar-refractivity contribution in [3.05, 3.63) is 142 Å². The second-order valence-corrected chi connectivity index (χ2v) is 13.9. The maximum atomic E-state index is 13.5. The van der Waals surface area contributed by atoms with Crippen molar-refractivity contribution in [1.29, 1.82) is 0 Å². The maximum Gasteiger partial charge on any atom is 0.416 e. The first kappa shape index (κ1) is 41.7. The van der Waals surface area contributed by atoms with E-state index in [2.05, 4.69) is 0 Å². The van der Waals surface area contributed by atoms with E-state index in [1.54, 1.807) is 40.3 Å². The number of hydrogen-bond donors (Lipinski definition) is 0. The van der Waals surface area contributed by atoms with Crippen LogP contribution in [-0.4, -0.2) is 38.2 Å². The van der Waals surface area contributed by atoms with Crippen molar-refractivity contribution in [1.82, 2.24) is 19.1 Å². The molecular weight excluding hydrogens is 816 g/mol. The zero-order valence-corrected chi connectivity index (χ0v) is 31.6. The van der Waals surface area contributed by atoms with Crippen LogP contribution in [0.2, 0.25) is 0 Å². The summed E-state index contributed by atoms with van der Waals surface area (Å²) in [6.45, 7) is 0. The lowest BCUT2D eigenvalue weighted by atomic mass is 10.1. The molecule has 7 rings (SSSR count). The van der Waals surface area contributed by atoms with Crippen LogP contribution >= 0.6 is 0 Å². The van der Waals surface area contributed by atoms with E-state index >= 15 is 0 Å². The van der Waals surface area contributed by atoms with Crippen LogP contribution < -0.4 is 29.9 Å². The van der Waals surface area contributed by atoms with Crippen molar-refractivity contribution < 1.29 is 52.7 Å². The predicted molar refractivity (Wildman–Crippen MR) is 203 cm³/mol. The van der Waals surface area contributed by atoms with Gasteiger partial charge in [0.05, 0.1) is 57.9 Å². The average molecular weight is 847 g/mol. The van der Waals surface area contributed by atoms with Gasteiger partial charge in [0, 0.05) is 25.5 Å². The summed E-state index contributed by atoms with van der Waals surface area (Å²) >= 11 is 0. The Bertz CT molecular complexity index is 2630. The summed E-state index contributed by atoms with van der Waals surface area (Å²) in [5, 5.41) is 1.60. The van der Waals surface area contributed by atoms with Crippen molar-refractivity contribution in [2.75, 3.05) is 38.0 Å². The first-order valence-corrected chi connectivity index (χ1v) is 17.7. The molecule has 0 radical (unpaired) electrons. The number of benzene rings is 5. The summed E-state index contributed by atoms with van der Waals surface area (Å²) in [7, 11) is 6.22. The summed E-state index contributed by atoms with van der Waals surface area (Å²) in [6.07, 6.45) is -18.5. The van der Waals surface area contributed by atoms with Gasteiger partial charge in [0.25, 0.3) is 11.6 Å². The molecule has 0 atom stereocenters. The van der Waals surface area contributed by atoms with E-state index in [1.165, 1.54) is 67.5 Å². The zero-order chi connectivity index (χ0) is 43.7. The topological polar surface area (TPSA) is 38.3 Å². The molecule has 0 aliphatic carbocycles. The van der Waals surface area contributed by atoms with Crippen LogP contribution in [0.5, 0.6) is 0 Å². The SMILES string of the molecule is CN(c1ccc(C(F)(F)F)cc1)c1nc(=[N+](C)c2ccc(C(F)(F)F)cc2)c2cc3c(N(C)c4ccc(C(F)(F)F)cc4)nc(=[N+](C)c4ccc(C(F)(F)F)cc4)c3cc12. The fourth-order valence-corrected chi connectivity index (χ4v) is 6.79. The van der Waals surface area contributed by atoms with Crippen LogP contribution in [0.25, 0.3) is 21.5 Å². The summed E-state index contributed by atoms with van der Waals surface area (Å²) in [5.74, 6) is 0.421. The highest BCUT2D eigenvalue weighted by Crippen LogP contribution is 2.38. The number of nitrogens with zero attached hydrogens (tertiary/aromatic N) is 6. The molecule has 5 aromatic carbocycles. The van der Waals surface area contributed by atoms with E-state index in [0.29, 0.717) is 21.5 Å². The van der Waals surface area contributed by atoms with E-state index in [4.69, 9.17) is 9.97 Å². The second kappa shape index (κ2) is 14.7. The third-order valence-electron chi connectivity index (χ3n) is 10.1. The Kier molecular flexibility index (Phi) is 10.2. The van der Waals surface area contributed by atoms with Crippen molar-refractivity contribution >= 4 is 55.9 Å². The molecule has 0 bridgehead atoms. The number of alkyl halides is 12. The lowest BCUT2D eigenvalue weighted by Gasteiger charge is -2.16. The van der Waals surface area contributed by atoms with Gasteiger partial charge in [-0.1, -0.05) is 0 Å². The van der Waals surface area contributed by atoms with Gasteiger partial charge in [0.15, 0.2) is 0 Å². The van der Waals surface area contributed by atoms with Crippen LogP contribution in [0.4, 0.5) is 87.1 Å². The molecule has 0 saturated heterocycles. The molecule has 0 saturated carbocycles. The number of anilines is 4. The highest BCUT2D eigenvalue weighted by atomic mass is 19.4. The lowest BCUT2D eigenvalue weighted by molar-refractivity contribution is -0.138. The van der Waals surface area contributed by atoms with Crippen molar-refractivity contribution in [2.24, 2.45) is 0 Å². The first-order valence-electron chi connectivity index (χ1n) is 17.7. The number of hydrogen-bond acceptors (Lipinski definition) is 4. The smallest absolute Gasteiger partial charge is 0.308 e. The van der Waals surface area contributed by atoms with Crippen LogP contribution in [0.1, 0.15) is 22.3 Å². The predicted octanol–water partition coefficient (Wildman–Crippen LogP) is 10.7. The van der Waals surface area contributed by atoms with Gasteiger partial charge in [-0.05, 0) is 119 Å². The lowest BCUT2D eigenvalue weighted by Crippen LogP contribution is -2.24. The van der Waals surface area contributed by atoms with E-state index in [1.807, 2.05) is 0 Å². The summed E-state index contributed by atoms with van der Waals surface area (Å²) < 4.78 is 165. The average Bonchev–Trinajstić information content (AvgIpc) is 3.76. The van der Waals surface area contributed by atoms with Crippen molar-refractivity contribution in [3.8, 4) is 0 Å². The Labute approximate surface area is 332 Å². The maximum absolute atomic E-state index is 13.5. The molecule has 7 aromatic rings. The molecular formula is C42H30F12N6+2. The Morgan fingerprint density at radius 1 is 0.383 bits per heavy atom. The Hall–Kier alpha value is -6.46. The number of rotatable bonds is 6. The first-order chi connectivity index (χ1) is 27.9. The molecule has 0 aliphatic heterocycles. The molecule has 0 amide bonds. The van der Waals surface area contributed by atoms with Crippen molar-refractivity contribution in [3.63, 3.8) is 0 Å². The van der Waals surface area contributed by atoms with Crippen LogP contribution in [0.15, 0.2) is 109 Å². The molecule has 0 spiro atoms. The third-order valence-corrected chi connectivity index (χ3v) is 10.1. The van der Waals surface area contributed by atoms with Crippen molar-refractivity contribution in [2.45, 2.75) is 24.7 Å². The molecule has 6 nitrogen and oxygen atoms in total. The van der Waals surface area contributed by atoms with Crippen LogP contribution in [-0.2, 0) is 24.7 Å². The quantitative estimate of drug-likeness (QED) is 0.123. The van der Waals surface area contributed by atoms with Gasteiger partial charge < -0.3 is 9.80 Å². The largest absolute Gasteiger partial charge is 0.416 e. The Morgan fingerprint density at radius 2 is 0.633 bits per heavy atom. The standard InChI is InChI=1S/C42H30F12N6/c1-57(27-13-5-23(6-14-27)39(43,44)45)35-31-21-33-34(22-32(31)36(55-35)58(2)28-15-7-24(8-16-28)40(46,47)48)38(60(4)30-19-11-26(12-20-30)42(52,53)54)56-37(33)59(3)29-17-9-25(10-18-29)41(49,50)51/h5-22H,1-4H3/q+2. The van der Waals surface area contributed by atoms with E-state index in [0.717, 1.165) is 48.5 Å². The molecule has 2 heterocycles. The number of halogens is 12. The van der Waals surface area contributed by atoms with Gasteiger partial charge in [-0.3, -0.25) is 0 Å². The summed E-state index contributed by atoms with van der Waals surface area (Å²) in [4.78, 5) is 12.8. The minimum absolute atomic E-state index is 0.211. The Balaban J connectivity index is 1.53. The Morgan fingerprint density at radius 3 is 0.883 bits per heavy atom. The molecule has 60 heavy (non-hydrogen) atoms. The minimum atomic E-state index is -4.61. The highest BCUT2D eigenvalue weighted by molar-refractivity contribution is 6.08. The number of aromatic nitrogens is 2. The molecule has 0 N–H and O–H groups in total. The summed E-state index contributed by atoms with van der Waals surface area (Å²) in [5.41, 5.74) is -2.01. The van der Waals surface area contributed by atoms with Gasteiger partial charge in [-0.15, -0.1) is 0 Å². The number of fused-ring (bicyclic) bond motifs is 2. The minimum Gasteiger partial charge on any atom is -0.308 e. The van der Waals surface area contributed by atoms with Crippen LogP contribution in [0, 0.1) is 0 Å². The second-order valence-electron chi connectivity index (χ2n) is 13.9. The fraction of sp³-hybridized carbons (Fsp3) is 0.190. The zero-order valence-electron chi connectivity index (χ0n) is 31.6. The summed E-state index contributed by atoms with van der Waals surface area (Å²) in [6, 6.07) is 20.4. The van der Waals surface area contributed by atoms with Gasteiger partial charge in [-0.2, -0.15) is 52.7 Å². The normalized spacial score (nSPS) is 13.9. The monoisotopic (exact) mass is 846 g/mol. The van der Waals surface area contributed by atoms with Gasteiger partial charge >= 0.3 is 35.7 Å². The van der Waals surface area contributed by atoms with E-state index in [-0.39, 0.29) is 45.4 Å². The third kappa shape index (κ3) is 7.85. The molecule has 0 unspecified atom stereocenters. The molecule has 18 heteroatoms. The molecule has 310 valence electrons. The van der Waals surface area contributed by atoms with Gasteiger partial charge in [-0.25, -0.2) is 9.15 Å². The molecule has 0 fully saturated rings. The van der Waals surface area contributed by atoms with E-state index in [9.17, 15) is 52.7 Å². The molecule has 2 aromatic heterocycles. The highest BCUT2D eigenvalue weighted by Gasteiger charge is 2.35. The van der Waals surface area contributed by atoms with Gasteiger partial charge in [0.2, 0.25) is 0 Å².